The molecule has 6 nitrogen and oxygen atoms in total. The third-order valence-electron chi connectivity index (χ3n) is 4.01. The number of anilines is 1. The highest BCUT2D eigenvalue weighted by atomic mass is 16.3. The van der Waals surface area contributed by atoms with Gasteiger partial charge in [-0.05, 0) is 39.5 Å². The molecule has 1 amide bonds. The Morgan fingerprint density at radius 2 is 2.30 bits per heavy atom. The first-order valence-corrected chi connectivity index (χ1v) is 7.34. The molecule has 1 aromatic rings. The van der Waals surface area contributed by atoms with Gasteiger partial charge in [-0.3, -0.25) is 9.48 Å². The predicted octanol–water partition coefficient (Wildman–Crippen LogP) is 1.17. The summed E-state index contributed by atoms with van der Waals surface area (Å²) in [4.78, 5) is 14.7. The lowest BCUT2D eigenvalue weighted by Gasteiger charge is -2.25. The van der Waals surface area contributed by atoms with Crippen molar-refractivity contribution in [3.8, 4) is 0 Å². The Balaban J connectivity index is 2.22. The predicted molar refractivity (Wildman–Crippen MR) is 77.4 cm³/mol. The number of nitrogens with two attached hydrogens (primary N) is 1. The number of nitrogens with zero attached hydrogens (tertiary/aromatic N) is 3. The van der Waals surface area contributed by atoms with E-state index in [0.29, 0.717) is 23.6 Å². The minimum Gasteiger partial charge on any atom is -0.396 e. The first kappa shape index (κ1) is 14.8. The molecule has 112 valence electrons. The van der Waals surface area contributed by atoms with Gasteiger partial charge in [-0.1, -0.05) is 0 Å². The quantitative estimate of drug-likeness (QED) is 0.848. The van der Waals surface area contributed by atoms with Gasteiger partial charge in [0.15, 0.2) is 0 Å². The highest BCUT2D eigenvalue weighted by molar-refractivity contribution is 5.98. The third-order valence-corrected chi connectivity index (χ3v) is 4.01. The van der Waals surface area contributed by atoms with Crippen LogP contribution >= 0.6 is 0 Å². The average Bonchev–Trinajstić information content (AvgIpc) is 3.01. The zero-order valence-electron chi connectivity index (χ0n) is 12.3. The molecular weight excluding hydrogens is 256 g/mol. The van der Waals surface area contributed by atoms with E-state index in [1.165, 1.54) is 0 Å². The van der Waals surface area contributed by atoms with Crippen LogP contribution in [0.15, 0.2) is 0 Å². The maximum Gasteiger partial charge on any atom is 0.274 e. The summed E-state index contributed by atoms with van der Waals surface area (Å²) >= 11 is 0. The maximum absolute atomic E-state index is 12.8. The fraction of sp³-hybridized carbons (Fsp3) is 0.714. The summed E-state index contributed by atoms with van der Waals surface area (Å²) in [7, 11) is 0. The number of aliphatic hydroxyl groups excluding tert-OH is 1. The lowest BCUT2D eigenvalue weighted by molar-refractivity contribution is 0.0713. The summed E-state index contributed by atoms with van der Waals surface area (Å²) in [6.45, 7) is 5.35. The normalized spacial score (nSPS) is 18.8. The second kappa shape index (κ2) is 6.26. The molecule has 1 aliphatic rings. The molecule has 0 spiro atoms. The lowest BCUT2D eigenvalue weighted by atomic mass is 10.1. The van der Waals surface area contributed by atoms with E-state index in [9.17, 15) is 4.79 Å². The summed E-state index contributed by atoms with van der Waals surface area (Å²) in [5.41, 5.74) is 7.74. The van der Waals surface area contributed by atoms with E-state index in [0.717, 1.165) is 32.2 Å². The molecule has 0 saturated carbocycles. The Kier molecular flexibility index (Phi) is 4.65. The average molecular weight is 280 g/mol. The van der Waals surface area contributed by atoms with Crippen LogP contribution < -0.4 is 5.73 Å². The van der Waals surface area contributed by atoms with E-state index in [1.807, 2.05) is 18.7 Å². The van der Waals surface area contributed by atoms with Gasteiger partial charge in [-0.25, -0.2) is 0 Å². The van der Waals surface area contributed by atoms with E-state index in [2.05, 4.69) is 5.10 Å². The third kappa shape index (κ3) is 2.65. The van der Waals surface area contributed by atoms with E-state index in [4.69, 9.17) is 10.8 Å². The van der Waals surface area contributed by atoms with Crippen molar-refractivity contribution in [1.29, 1.82) is 0 Å². The van der Waals surface area contributed by atoms with Gasteiger partial charge in [0.1, 0.15) is 5.69 Å². The highest BCUT2D eigenvalue weighted by Gasteiger charge is 2.32. The van der Waals surface area contributed by atoms with E-state index >= 15 is 0 Å². The van der Waals surface area contributed by atoms with Crippen LogP contribution in [0.1, 0.15) is 48.8 Å². The molecule has 0 radical (unpaired) electrons. The molecule has 20 heavy (non-hydrogen) atoms. The second-order valence-corrected chi connectivity index (χ2v) is 5.32. The van der Waals surface area contributed by atoms with Gasteiger partial charge in [0.05, 0.1) is 11.4 Å². The molecule has 1 aliphatic heterocycles. The molecule has 1 aromatic heterocycles. The molecule has 0 aliphatic carbocycles. The van der Waals surface area contributed by atoms with Crippen LogP contribution in [-0.2, 0) is 6.54 Å². The van der Waals surface area contributed by atoms with Crippen molar-refractivity contribution in [3.63, 3.8) is 0 Å². The van der Waals surface area contributed by atoms with E-state index in [-0.39, 0.29) is 18.6 Å². The molecule has 1 saturated heterocycles. The van der Waals surface area contributed by atoms with Crippen LogP contribution in [0.25, 0.3) is 0 Å². The van der Waals surface area contributed by atoms with Crippen molar-refractivity contribution < 1.29 is 9.90 Å². The Hall–Kier alpha value is -1.56. The van der Waals surface area contributed by atoms with Crippen molar-refractivity contribution in [1.82, 2.24) is 14.7 Å². The number of aromatic nitrogens is 2. The van der Waals surface area contributed by atoms with Crippen LogP contribution in [0.5, 0.6) is 0 Å². The van der Waals surface area contributed by atoms with Gasteiger partial charge in [0.25, 0.3) is 5.91 Å². The Labute approximate surface area is 119 Å². The molecular formula is C14H24N4O2. The maximum atomic E-state index is 12.8. The summed E-state index contributed by atoms with van der Waals surface area (Å²) in [5.74, 6) is -0.0228. The Morgan fingerprint density at radius 1 is 1.55 bits per heavy atom. The second-order valence-electron chi connectivity index (χ2n) is 5.32. The molecule has 6 heteroatoms. The lowest BCUT2D eigenvalue weighted by Crippen LogP contribution is -2.37. The van der Waals surface area contributed by atoms with Crippen LogP contribution in [0, 0.1) is 6.92 Å². The first-order chi connectivity index (χ1) is 9.60. The number of hydrogen-bond acceptors (Lipinski definition) is 4. The van der Waals surface area contributed by atoms with Gasteiger partial charge >= 0.3 is 0 Å². The first-order valence-electron chi connectivity index (χ1n) is 7.34. The minimum absolute atomic E-state index is 0.0228. The Morgan fingerprint density at radius 3 is 2.95 bits per heavy atom. The smallest absolute Gasteiger partial charge is 0.274 e. The largest absolute Gasteiger partial charge is 0.396 e. The van der Waals surface area contributed by atoms with Crippen molar-refractivity contribution in [2.45, 2.75) is 52.1 Å². The van der Waals surface area contributed by atoms with Gasteiger partial charge in [0.2, 0.25) is 0 Å². The summed E-state index contributed by atoms with van der Waals surface area (Å²) in [6.07, 6.45) is 3.60. The van der Waals surface area contributed by atoms with Crippen LogP contribution in [-0.4, -0.2) is 44.9 Å². The number of aryl methyl sites for hydroxylation is 2. The zero-order chi connectivity index (χ0) is 14.7. The van der Waals surface area contributed by atoms with Crippen molar-refractivity contribution in [3.05, 3.63) is 11.4 Å². The monoisotopic (exact) mass is 280 g/mol. The number of carbonyl (C=O) groups is 1. The van der Waals surface area contributed by atoms with E-state index < -0.39 is 0 Å². The fourth-order valence-corrected chi connectivity index (χ4v) is 2.92. The Bertz CT molecular complexity index is 484. The number of nitrogen functional groups attached to an aromatic ring is 1. The molecule has 0 aromatic carbocycles. The molecule has 1 unspecified atom stereocenters. The van der Waals surface area contributed by atoms with Crippen molar-refractivity contribution in [2.75, 3.05) is 18.9 Å². The van der Waals surface area contributed by atoms with Crippen LogP contribution in [0.4, 0.5) is 5.69 Å². The number of rotatable bonds is 5. The topological polar surface area (TPSA) is 84.4 Å². The molecule has 3 N–H and O–H groups in total. The van der Waals surface area contributed by atoms with Gasteiger partial charge in [0, 0.05) is 25.7 Å². The number of aliphatic hydroxyl groups is 1. The number of likely N-dealkylation sites (tertiary alicyclic amines) is 1. The summed E-state index contributed by atoms with van der Waals surface area (Å²) in [6, 6.07) is 0.217. The fourth-order valence-electron chi connectivity index (χ4n) is 2.92. The number of amides is 1. The molecule has 1 fully saturated rings. The highest BCUT2D eigenvalue weighted by Crippen LogP contribution is 2.26. The van der Waals surface area contributed by atoms with Crippen LogP contribution in [0.2, 0.25) is 0 Å². The van der Waals surface area contributed by atoms with Gasteiger partial charge in [-0.2, -0.15) is 5.10 Å². The van der Waals surface area contributed by atoms with Crippen molar-refractivity contribution >= 4 is 11.6 Å². The summed E-state index contributed by atoms with van der Waals surface area (Å²) in [5, 5.41) is 13.3. The standard InChI is InChI=1S/C14H24N4O2/c1-3-18-13(12(15)10(2)16-18)14(20)17-8-4-6-11(17)7-5-9-19/h11,19H,3-9,15H2,1-2H3. The van der Waals surface area contributed by atoms with Crippen molar-refractivity contribution in [2.24, 2.45) is 0 Å². The minimum atomic E-state index is -0.0228. The SMILES string of the molecule is CCn1nc(C)c(N)c1C(=O)N1CCCC1CCCO. The molecule has 2 rings (SSSR count). The zero-order valence-corrected chi connectivity index (χ0v) is 12.3. The number of carbonyl (C=O) groups excluding carboxylic acids is 1. The van der Waals surface area contributed by atoms with Gasteiger partial charge < -0.3 is 15.7 Å². The molecule has 2 heterocycles. The van der Waals surface area contributed by atoms with E-state index in [1.54, 1.807) is 4.68 Å². The van der Waals surface area contributed by atoms with Crippen LogP contribution in [0.3, 0.4) is 0 Å². The van der Waals surface area contributed by atoms with Gasteiger partial charge in [-0.15, -0.1) is 0 Å². The molecule has 1 atom stereocenters. The molecule has 0 bridgehead atoms. The number of hydrogen-bond donors (Lipinski definition) is 2. The summed E-state index contributed by atoms with van der Waals surface area (Å²) < 4.78 is 1.69.